The first-order chi connectivity index (χ1) is 3.91. The van der Waals surface area contributed by atoms with Crippen LogP contribution in [0.25, 0.3) is 0 Å². The summed E-state index contributed by atoms with van der Waals surface area (Å²) in [6, 6.07) is 0. The largest absolute Gasteiger partial charge is 0.371 e. The first kappa shape index (κ1) is 3.89. The van der Waals surface area contributed by atoms with E-state index in [9.17, 15) is 0 Å². The first-order valence-corrected chi connectivity index (χ1v) is 3.59. The lowest BCUT2D eigenvalue weighted by molar-refractivity contribution is -0.266. The molecule has 0 N–H and O–H groups in total. The van der Waals surface area contributed by atoms with Crippen LogP contribution in [0, 0.1) is 5.92 Å². The Hall–Kier alpha value is -0.0400. The molecule has 1 spiro atoms. The van der Waals surface area contributed by atoms with Crippen molar-refractivity contribution in [2.24, 2.45) is 5.92 Å². The molecular formula is C7H10O. The van der Waals surface area contributed by atoms with Gasteiger partial charge in [-0.3, -0.25) is 0 Å². The van der Waals surface area contributed by atoms with Gasteiger partial charge in [0.1, 0.15) is 0 Å². The van der Waals surface area contributed by atoms with Gasteiger partial charge in [0, 0.05) is 5.92 Å². The zero-order chi connectivity index (χ0) is 5.19. The molecule has 3 atom stereocenters. The molecular weight excluding hydrogens is 100 g/mol. The Labute approximate surface area is 49.0 Å². The molecule has 2 heterocycles. The number of fused-ring (bicyclic) bond motifs is 1. The molecule has 2 bridgehead atoms. The summed E-state index contributed by atoms with van der Waals surface area (Å²) in [5, 5.41) is 0. The SMILES string of the molecule is C1CC23CCC2C1O3. The summed E-state index contributed by atoms with van der Waals surface area (Å²) in [5.74, 6) is 1.02. The van der Waals surface area contributed by atoms with Crippen LogP contribution < -0.4 is 0 Å². The Morgan fingerprint density at radius 2 is 2.12 bits per heavy atom. The lowest BCUT2D eigenvalue weighted by Gasteiger charge is -2.56. The van der Waals surface area contributed by atoms with Crippen molar-refractivity contribution in [1.29, 1.82) is 0 Å². The van der Waals surface area contributed by atoms with Gasteiger partial charge in [-0.2, -0.15) is 0 Å². The quantitative estimate of drug-likeness (QED) is 0.457. The van der Waals surface area contributed by atoms with Crippen molar-refractivity contribution in [3.63, 3.8) is 0 Å². The average Bonchev–Trinajstić information content (AvgIpc) is 2.19. The van der Waals surface area contributed by atoms with Crippen molar-refractivity contribution < 1.29 is 4.74 Å². The maximum atomic E-state index is 5.64. The van der Waals surface area contributed by atoms with Crippen LogP contribution in [-0.4, -0.2) is 11.7 Å². The van der Waals surface area contributed by atoms with E-state index in [0.717, 1.165) is 5.92 Å². The van der Waals surface area contributed by atoms with Crippen LogP contribution in [0.4, 0.5) is 0 Å². The zero-order valence-electron chi connectivity index (χ0n) is 4.89. The maximum Gasteiger partial charge on any atom is 0.0740 e. The Bertz CT molecular complexity index is 139. The molecule has 4 rings (SSSR count). The Morgan fingerprint density at radius 3 is 2.38 bits per heavy atom. The molecule has 2 aliphatic heterocycles. The van der Waals surface area contributed by atoms with Gasteiger partial charge < -0.3 is 4.74 Å². The van der Waals surface area contributed by atoms with E-state index >= 15 is 0 Å². The van der Waals surface area contributed by atoms with Crippen LogP contribution in [0.1, 0.15) is 25.7 Å². The molecule has 44 valence electrons. The van der Waals surface area contributed by atoms with Gasteiger partial charge in [0.15, 0.2) is 0 Å². The Balaban J connectivity index is 2.05. The van der Waals surface area contributed by atoms with Crippen molar-refractivity contribution in [3.05, 3.63) is 0 Å². The molecule has 2 aliphatic carbocycles. The van der Waals surface area contributed by atoms with E-state index in [1.165, 1.54) is 25.7 Å². The smallest absolute Gasteiger partial charge is 0.0740 e. The molecule has 2 saturated carbocycles. The van der Waals surface area contributed by atoms with Gasteiger partial charge in [-0.1, -0.05) is 0 Å². The van der Waals surface area contributed by atoms with Crippen LogP contribution in [0.2, 0.25) is 0 Å². The first-order valence-electron chi connectivity index (χ1n) is 3.59. The van der Waals surface area contributed by atoms with Crippen molar-refractivity contribution in [2.75, 3.05) is 0 Å². The predicted molar refractivity (Wildman–Crippen MR) is 29.6 cm³/mol. The second-order valence-corrected chi connectivity index (χ2v) is 3.40. The predicted octanol–water partition coefficient (Wildman–Crippen LogP) is 1.33. The summed E-state index contributed by atoms with van der Waals surface area (Å²) in [5.41, 5.74) is 0.477. The van der Waals surface area contributed by atoms with E-state index < -0.39 is 0 Å². The topological polar surface area (TPSA) is 9.23 Å². The second-order valence-electron chi connectivity index (χ2n) is 3.40. The van der Waals surface area contributed by atoms with E-state index in [1.54, 1.807) is 0 Å². The van der Waals surface area contributed by atoms with E-state index in [2.05, 4.69) is 0 Å². The van der Waals surface area contributed by atoms with Gasteiger partial charge in [0.2, 0.25) is 0 Å². The van der Waals surface area contributed by atoms with Crippen molar-refractivity contribution in [1.82, 2.24) is 0 Å². The third-order valence-electron chi connectivity index (χ3n) is 3.24. The molecule has 4 fully saturated rings. The van der Waals surface area contributed by atoms with Gasteiger partial charge in [0.05, 0.1) is 11.7 Å². The van der Waals surface area contributed by atoms with Gasteiger partial charge in [-0.15, -0.1) is 0 Å². The molecule has 4 aliphatic rings. The molecule has 0 amide bonds. The molecule has 0 radical (unpaired) electrons. The standard InChI is InChI=1S/C7H10O/c1-3-7-4-2-6(8-7)5(1)7/h5-6H,1-4H2. The molecule has 0 aromatic rings. The molecule has 3 unspecified atom stereocenters. The van der Waals surface area contributed by atoms with Crippen molar-refractivity contribution in [2.45, 2.75) is 37.4 Å². The average molecular weight is 110 g/mol. The molecule has 8 heavy (non-hydrogen) atoms. The fourth-order valence-electron chi connectivity index (χ4n) is 2.63. The van der Waals surface area contributed by atoms with Gasteiger partial charge in [-0.25, -0.2) is 0 Å². The monoisotopic (exact) mass is 110 g/mol. The van der Waals surface area contributed by atoms with Crippen LogP contribution in [0.5, 0.6) is 0 Å². The van der Waals surface area contributed by atoms with Gasteiger partial charge in [0.25, 0.3) is 0 Å². The number of rotatable bonds is 0. The van der Waals surface area contributed by atoms with E-state index in [0.29, 0.717) is 11.7 Å². The molecule has 1 nitrogen and oxygen atoms in total. The molecule has 1 heteroatoms. The summed E-state index contributed by atoms with van der Waals surface area (Å²) in [6.07, 6.45) is 6.29. The third kappa shape index (κ3) is 0.202. The van der Waals surface area contributed by atoms with Crippen LogP contribution >= 0.6 is 0 Å². The third-order valence-corrected chi connectivity index (χ3v) is 3.24. The minimum Gasteiger partial charge on any atom is -0.371 e. The summed E-state index contributed by atoms with van der Waals surface area (Å²) >= 11 is 0. The fourth-order valence-corrected chi connectivity index (χ4v) is 2.63. The highest BCUT2D eigenvalue weighted by molar-refractivity contribution is 5.14. The highest BCUT2D eigenvalue weighted by Gasteiger charge is 2.65. The molecule has 2 saturated heterocycles. The summed E-state index contributed by atoms with van der Waals surface area (Å²) < 4.78 is 5.64. The lowest BCUT2D eigenvalue weighted by atomic mass is 9.67. The summed E-state index contributed by atoms with van der Waals surface area (Å²) in [7, 11) is 0. The van der Waals surface area contributed by atoms with Crippen LogP contribution in [-0.2, 0) is 4.74 Å². The normalized spacial score (nSPS) is 66.0. The number of hydrogen-bond acceptors (Lipinski definition) is 1. The van der Waals surface area contributed by atoms with Gasteiger partial charge in [-0.05, 0) is 25.7 Å². The number of ether oxygens (including phenoxy) is 1. The zero-order valence-corrected chi connectivity index (χ0v) is 4.89. The number of hydrogen-bond donors (Lipinski definition) is 0. The molecule has 0 aromatic heterocycles. The van der Waals surface area contributed by atoms with Crippen molar-refractivity contribution >= 4 is 0 Å². The van der Waals surface area contributed by atoms with E-state index in [4.69, 9.17) is 4.74 Å². The Morgan fingerprint density at radius 1 is 1.25 bits per heavy atom. The lowest BCUT2D eigenvalue weighted by Crippen LogP contribution is -2.59. The van der Waals surface area contributed by atoms with Crippen LogP contribution in [0.3, 0.4) is 0 Å². The second kappa shape index (κ2) is 0.860. The van der Waals surface area contributed by atoms with Crippen molar-refractivity contribution in [3.8, 4) is 0 Å². The molecule has 0 aromatic carbocycles. The van der Waals surface area contributed by atoms with E-state index in [-0.39, 0.29) is 0 Å². The summed E-state index contributed by atoms with van der Waals surface area (Å²) in [4.78, 5) is 0. The summed E-state index contributed by atoms with van der Waals surface area (Å²) in [6.45, 7) is 0. The minimum absolute atomic E-state index is 0.477. The maximum absolute atomic E-state index is 5.64. The van der Waals surface area contributed by atoms with Crippen LogP contribution in [0.15, 0.2) is 0 Å². The van der Waals surface area contributed by atoms with Gasteiger partial charge >= 0.3 is 0 Å². The highest BCUT2D eigenvalue weighted by atomic mass is 16.5. The fraction of sp³-hybridized carbons (Fsp3) is 1.00. The minimum atomic E-state index is 0.477. The Kier molecular flexibility index (Phi) is 0.418. The highest BCUT2D eigenvalue weighted by Crippen LogP contribution is 2.63. The van der Waals surface area contributed by atoms with E-state index in [1.807, 2.05) is 0 Å².